The Hall–Kier alpha value is -2.39. The van der Waals surface area contributed by atoms with Crippen LogP contribution in [0.2, 0.25) is 0 Å². The lowest BCUT2D eigenvalue weighted by Crippen LogP contribution is -2.23. The fraction of sp³-hybridized carbons (Fsp3) is 0.231. The van der Waals surface area contributed by atoms with Gasteiger partial charge in [0.15, 0.2) is 0 Å². The van der Waals surface area contributed by atoms with Gasteiger partial charge in [-0.05, 0) is 23.8 Å². The predicted octanol–water partition coefficient (Wildman–Crippen LogP) is 0.0794. The van der Waals surface area contributed by atoms with Crippen molar-refractivity contribution in [3.8, 4) is 11.8 Å². The molecule has 0 aliphatic rings. The van der Waals surface area contributed by atoms with Crippen LogP contribution >= 0.6 is 0 Å². The van der Waals surface area contributed by atoms with E-state index in [-0.39, 0.29) is 18.8 Å². The first-order valence-electron chi connectivity index (χ1n) is 5.67. The van der Waals surface area contributed by atoms with Crippen molar-refractivity contribution >= 4 is 0 Å². The van der Waals surface area contributed by atoms with E-state index in [4.69, 9.17) is 5.73 Å². The summed E-state index contributed by atoms with van der Waals surface area (Å²) in [5.41, 5.74) is 6.18. The minimum atomic E-state index is -0.400. The summed E-state index contributed by atoms with van der Waals surface area (Å²) in [7, 11) is 1.61. The molecule has 0 radical (unpaired) electrons. The molecule has 1 aromatic heterocycles. The van der Waals surface area contributed by atoms with Gasteiger partial charge in [0.05, 0.1) is 13.1 Å². The van der Waals surface area contributed by atoms with Crippen molar-refractivity contribution in [2.45, 2.75) is 6.54 Å². The zero-order valence-corrected chi connectivity index (χ0v) is 10.4. The highest BCUT2D eigenvalue weighted by atomic mass is 19.1. The van der Waals surface area contributed by atoms with Gasteiger partial charge in [-0.25, -0.2) is 13.9 Å². The summed E-state index contributed by atoms with van der Waals surface area (Å²) >= 11 is 0. The third kappa shape index (κ3) is 3.09. The van der Waals surface area contributed by atoms with Gasteiger partial charge < -0.3 is 5.73 Å². The molecule has 0 aliphatic carbocycles. The molecule has 6 heteroatoms. The molecule has 2 aromatic rings. The van der Waals surface area contributed by atoms with Crippen LogP contribution in [0.1, 0.15) is 11.1 Å². The van der Waals surface area contributed by atoms with Crippen molar-refractivity contribution < 1.29 is 4.39 Å². The highest BCUT2D eigenvalue weighted by Gasteiger charge is 2.05. The normalized spacial score (nSPS) is 10.1. The van der Waals surface area contributed by atoms with Crippen molar-refractivity contribution in [1.82, 2.24) is 14.3 Å². The van der Waals surface area contributed by atoms with Gasteiger partial charge in [0.25, 0.3) is 0 Å². The standard InChI is InChI=1S/C13H13FN4O/c1-17-9-16-18(13(17)19)8-11-5-10(3-2-4-15)6-12(14)7-11/h5-7,9H,4,8,15H2,1H3. The van der Waals surface area contributed by atoms with E-state index in [2.05, 4.69) is 16.9 Å². The predicted molar refractivity (Wildman–Crippen MR) is 68.9 cm³/mol. The minimum Gasteiger partial charge on any atom is -0.320 e. The average Bonchev–Trinajstić information content (AvgIpc) is 2.68. The molecule has 1 aromatic carbocycles. The first-order chi connectivity index (χ1) is 9.10. The van der Waals surface area contributed by atoms with Crippen molar-refractivity contribution in [3.63, 3.8) is 0 Å². The van der Waals surface area contributed by atoms with Crippen molar-refractivity contribution in [1.29, 1.82) is 0 Å². The van der Waals surface area contributed by atoms with E-state index in [0.717, 1.165) is 0 Å². The molecule has 98 valence electrons. The number of nitrogens with zero attached hydrogens (tertiary/aromatic N) is 3. The van der Waals surface area contributed by atoms with Crippen LogP contribution in [0, 0.1) is 17.7 Å². The van der Waals surface area contributed by atoms with Gasteiger partial charge in [0.2, 0.25) is 0 Å². The molecule has 0 atom stereocenters. The first kappa shape index (κ1) is 13.1. The van der Waals surface area contributed by atoms with Crippen LogP contribution in [0.25, 0.3) is 0 Å². The van der Waals surface area contributed by atoms with E-state index < -0.39 is 5.82 Å². The third-order valence-electron chi connectivity index (χ3n) is 2.51. The average molecular weight is 260 g/mol. The number of halogens is 1. The van der Waals surface area contributed by atoms with Crippen molar-refractivity contribution in [2.24, 2.45) is 12.8 Å². The molecule has 0 amide bonds. The summed E-state index contributed by atoms with van der Waals surface area (Å²) in [6, 6.07) is 4.40. The Bertz CT molecular complexity index is 705. The molecular weight excluding hydrogens is 247 g/mol. The topological polar surface area (TPSA) is 65.8 Å². The number of hydrogen-bond donors (Lipinski definition) is 1. The molecule has 1 heterocycles. The van der Waals surface area contributed by atoms with Crippen LogP contribution in [0.15, 0.2) is 29.3 Å². The van der Waals surface area contributed by atoms with E-state index in [1.54, 1.807) is 13.1 Å². The zero-order valence-electron chi connectivity index (χ0n) is 10.4. The fourth-order valence-electron chi connectivity index (χ4n) is 1.67. The van der Waals surface area contributed by atoms with Gasteiger partial charge in [-0.3, -0.25) is 4.57 Å². The van der Waals surface area contributed by atoms with Gasteiger partial charge in [-0.1, -0.05) is 11.8 Å². The third-order valence-corrected chi connectivity index (χ3v) is 2.51. The van der Waals surface area contributed by atoms with E-state index in [1.165, 1.54) is 27.7 Å². The lowest BCUT2D eigenvalue weighted by Gasteiger charge is -2.02. The van der Waals surface area contributed by atoms with E-state index in [0.29, 0.717) is 11.1 Å². The molecule has 0 fully saturated rings. The number of aryl methyl sites for hydroxylation is 1. The molecule has 0 aliphatic heterocycles. The van der Waals surface area contributed by atoms with E-state index in [1.807, 2.05) is 0 Å². The maximum absolute atomic E-state index is 13.5. The molecule has 2 rings (SSSR count). The number of rotatable bonds is 2. The lowest BCUT2D eigenvalue weighted by atomic mass is 10.1. The smallest absolute Gasteiger partial charge is 0.320 e. The Morgan fingerprint density at radius 2 is 2.21 bits per heavy atom. The number of hydrogen-bond acceptors (Lipinski definition) is 3. The second-order valence-corrected chi connectivity index (χ2v) is 4.04. The molecule has 0 spiro atoms. The van der Waals surface area contributed by atoms with Gasteiger partial charge in [-0.15, -0.1) is 0 Å². The summed E-state index contributed by atoms with van der Waals surface area (Å²) < 4.78 is 16.1. The number of nitrogens with two attached hydrogens (primary N) is 1. The molecule has 5 nitrogen and oxygen atoms in total. The molecule has 0 saturated heterocycles. The second-order valence-electron chi connectivity index (χ2n) is 4.04. The largest absolute Gasteiger partial charge is 0.345 e. The summed E-state index contributed by atoms with van der Waals surface area (Å²) in [4.78, 5) is 11.6. The van der Waals surface area contributed by atoms with E-state index >= 15 is 0 Å². The van der Waals surface area contributed by atoms with E-state index in [9.17, 15) is 9.18 Å². The van der Waals surface area contributed by atoms with Crippen LogP contribution < -0.4 is 11.4 Å². The molecular formula is C13H13FN4O. The molecule has 0 saturated carbocycles. The van der Waals surface area contributed by atoms with Gasteiger partial charge in [0, 0.05) is 12.6 Å². The van der Waals surface area contributed by atoms with Crippen molar-refractivity contribution in [2.75, 3.05) is 6.54 Å². The minimum absolute atomic E-state index is 0.203. The Morgan fingerprint density at radius 3 is 2.84 bits per heavy atom. The fourth-order valence-corrected chi connectivity index (χ4v) is 1.67. The van der Waals surface area contributed by atoms with Crippen LogP contribution in [-0.4, -0.2) is 20.9 Å². The highest BCUT2D eigenvalue weighted by Crippen LogP contribution is 2.09. The summed E-state index contributed by atoms with van der Waals surface area (Å²) in [5.74, 6) is 5.02. The molecule has 0 bridgehead atoms. The van der Waals surface area contributed by atoms with Crippen LogP contribution in [0.5, 0.6) is 0 Å². The van der Waals surface area contributed by atoms with Crippen LogP contribution in [0.4, 0.5) is 4.39 Å². The number of aromatic nitrogens is 3. The highest BCUT2D eigenvalue weighted by molar-refractivity contribution is 5.38. The molecule has 0 unspecified atom stereocenters. The Morgan fingerprint density at radius 1 is 1.42 bits per heavy atom. The Kier molecular flexibility index (Phi) is 3.78. The lowest BCUT2D eigenvalue weighted by molar-refractivity contribution is 0.612. The monoisotopic (exact) mass is 260 g/mol. The van der Waals surface area contributed by atoms with Gasteiger partial charge in [0.1, 0.15) is 12.1 Å². The van der Waals surface area contributed by atoms with Crippen molar-refractivity contribution in [3.05, 3.63) is 52.0 Å². The van der Waals surface area contributed by atoms with Gasteiger partial charge >= 0.3 is 5.69 Å². The summed E-state index contributed by atoms with van der Waals surface area (Å²) in [6.07, 6.45) is 1.41. The van der Waals surface area contributed by atoms with Crippen LogP contribution in [0.3, 0.4) is 0 Å². The zero-order chi connectivity index (χ0) is 13.8. The second kappa shape index (κ2) is 5.50. The SMILES string of the molecule is Cn1cnn(Cc2cc(F)cc(C#CCN)c2)c1=O. The van der Waals surface area contributed by atoms with Crippen LogP contribution in [-0.2, 0) is 13.6 Å². The number of benzene rings is 1. The summed E-state index contributed by atoms with van der Waals surface area (Å²) in [6.45, 7) is 0.417. The first-order valence-corrected chi connectivity index (χ1v) is 5.67. The Labute approximate surface area is 109 Å². The maximum Gasteiger partial charge on any atom is 0.345 e. The maximum atomic E-state index is 13.5. The summed E-state index contributed by atoms with van der Waals surface area (Å²) in [5, 5.41) is 3.92. The Balaban J connectivity index is 2.32. The van der Waals surface area contributed by atoms with Gasteiger partial charge in [-0.2, -0.15) is 5.10 Å². The molecule has 2 N–H and O–H groups in total. The quantitative estimate of drug-likeness (QED) is 0.778. The molecule has 19 heavy (non-hydrogen) atoms.